The van der Waals surface area contributed by atoms with E-state index in [9.17, 15) is 14.9 Å². The van der Waals surface area contributed by atoms with E-state index in [1.807, 2.05) is 0 Å². The van der Waals surface area contributed by atoms with Gasteiger partial charge in [-0.25, -0.2) is 15.1 Å². The molecule has 5 N–H and O–H groups in total. The number of carboxylic acids is 1. The van der Waals surface area contributed by atoms with Crippen molar-refractivity contribution in [3.8, 4) is 0 Å². The number of carbonyl (C=O) groups is 1. The topological polar surface area (TPSA) is 143 Å². The Bertz CT molecular complexity index is 280. The van der Waals surface area contributed by atoms with Crippen molar-refractivity contribution in [2.45, 2.75) is 18.9 Å². The minimum atomic E-state index is -0.942. The number of hydrogen-bond acceptors (Lipinski definition) is 5. The standard InChI is InChI=1S/C7H15N5O4/c1-9-5(6(13)14)3-2-4-10-7(8)11-12(15)16/h5,9H,2-4H2,1H3,(H,13,14)(H3,8,10,11). The Morgan fingerprint density at radius 1 is 1.69 bits per heavy atom. The minimum absolute atomic E-state index is 0.234. The first-order valence-electron chi connectivity index (χ1n) is 4.58. The molecule has 0 aliphatic carbocycles. The van der Waals surface area contributed by atoms with Crippen molar-refractivity contribution >= 4 is 11.9 Å². The van der Waals surface area contributed by atoms with Crippen LogP contribution in [0.15, 0.2) is 4.99 Å². The van der Waals surface area contributed by atoms with Crippen molar-refractivity contribution in [3.05, 3.63) is 10.1 Å². The highest BCUT2D eigenvalue weighted by Crippen LogP contribution is 1.97. The van der Waals surface area contributed by atoms with Gasteiger partial charge in [0.1, 0.15) is 6.04 Å². The van der Waals surface area contributed by atoms with E-state index in [1.165, 1.54) is 0 Å². The van der Waals surface area contributed by atoms with Crippen molar-refractivity contribution in [1.29, 1.82) is 0 Å². The van der Waals surface area contributed by atoms with E-state index in [1.54, 1.807) is 12.5 Å². The Morgan fingerprint density at radius 2 is 2.31 bits per heavy atom. The molecule has 0 fully saturated rings. The number of nitrogens with one attached hydrogen (secondary N) is 2. The van der Waals surface area contributed by atoms with Gasteiger partial charge in [-0.3, -0.25) is 4.79 Å². The van der Waals surface area contributed by atoms with Crippen LogP contribution in [0.1, 0.15) is 12.8 Å². The molecule has 1 unspecified atom stereocenters. The molecule has 9 nitrogen and oxygen atoms in total. The Kier molecular flexibility index (Phi) is 6.52. The average molecular weight is 233 g/mol. The average Bonchev–Trinajstić information content (AvgIpc) is 2.16. The van der Waals surface area contributed by atoms with Gasteiger partial charge >= 0.3 is 5.97 Å². The second-order valence-corrected chi connectivity index (χ2v) is 2.96. The number of hydrazine groups is 1. The van der Waals surface area contributed by atoms with Crippen molar-refractivity contribution < 1.29 is 14.9 Å². The summed E-state index contributed by atoms with van der Waals surface area (Å²) in [4.78, 5) is 24.2. The van der Waals surface area contributed by atoms with Gasteiger partial charge in [-0.05, 0) is 19.9 Å². The first-order chi connectivity index (χ1) is 7.47. The molecule has 0 spiro atoms. The molecule has 0 aromatic carbocycles. The van der Waals surface area contributed by atoms with Crippen LogP contribution in [0.3, 0.4) is 0 Å². The van der Waals surface area contributed by atoms with Crippen LogP contribution in [0, 0.1) is 10.1 Å². The number of aliphatic imine (C=N–C) groups is 1. The normalized spacial score (nSPS) is 13.2. The largest absolute Gasteiger partial charge is 0.480 e. The zero-order valence-corrected chi connectivity index (χ0v) is 8.84. The molecule has 0 radical (unpaired) electrons. The molecule has 1 atom stereocenters. The zero-order chi connectivity index (χ0) is 12.6. The highest BCUT2D eigenvalue weighted by molar-refractivity contribution is 5.76. The molecular weight excluding hydrogens is 218 g/mol. The van der Waals surface area contributed by atoms with Gasteiger partial charge in [-0.15, -0.1) is 0 Å². The quantitative estimate of drug-likeness (QED) is 0.138. The predicted molar refractivity (Wildman–Crippen MR) is 56.3 cm³/mol. The molecular formula is C7H15N5O4. The highest BCUT2D eigenvalue weighted by atomic mass is 16.7. The summed E-state index contributed by atoms with van der Waals surface area (Å²) in [5.74, 6) is -1.23. The lowest BCUT2D eigenvalue weighted by Gasteiger charge is -2.09. The SMILES string of the molecule is CNC(CCCN=C(N)N[N+](=O)[O-])C(=O)O. The lowest BCUT2D eigenvalue weighted by atomic mass is 10.1. The Morgan fingerprint density at radius 3 is 2.75 bits per heavy atom. The van der Waals surface area contributed by atoms with Gasteiger partial charge in [-0.1, -0.05) is 5.43 Å². The maximum atomic E-state index is 10.6. The Labute approximate surface area is 91.8 Å². The Balaban J connectivity index is 3.81. The Hall–Kier alpha value is -1.90. The summed E-state index contributed by atoms with van der Waals surface area (Å²) in [6.07, 6.45) is 0.846. The van der Waals surface area contributed by atoms with E-state index in [4.69, 9.17) is 10.8 Å². The molecule has 0 aliphatic rings. The number of rotatable bonds is 7. The summed E-state index contributed by atoms with van der Waals surface area (Å²) in [6, 6.07) is -0.639. The van der Waals surface area contributed by atoms with E-state index >= 15 is 0 Å². The zero-order valence-electron chi connectivity index (χ0n) is 8.84. The molecule has 0 saturated heterocycles. The molecule has 92 valence electrons. The van der Waals surface area contributed by atoms with Crippen LogP contribution in [0.5, 0.6) is 0 Å². The molecule has 0 aromatic rings. The van der Waals surface area contributed by atoms with E-state index in [-0.39, 0.29) is 12.5 Å². The van der Waals surface area contributed by atoms with Crippen LogP contribution in [0.2, 0.25) is 0 Å². The van der Waals surface area contributed by atoms with Gasteiger partial charge in [-0.2, -0.15) is 0 Å². The summed E-state index contributed by atoms with van der Waals surface area (Å²) >= 11 is 0. The molecule has 0 aromatic heterocycles. The summed E-state index contributed by atoms with van der Waals surface area (Å²) in [5, 5.41) is 20.4. The summed E-state index contributed by atoms with van der Waals surface area (Å²) in [7, 11) is 1.55. The van der Waals surface area contributed by atoms with Crippen molar-refractivity contribution in [3.63, 3.8) is 0 Å². The van der Waals surface area contributed by atoms with Crippen LogP contribution in [0.25, 0.3) is 0 Å². The summed E-state index contributed by atoms with van der Waals surface area (Å²) in [5.41, 5.74) is 6.83. The fourth-order valence-electron chi connectivity index (χ4n) is 1.02. The number of nitrogens with two attached hydrogens (primary N) is 1. The second-order valence-electron chi connectivity index (χ2n) is 2.96. The lowest BCUT2D eigenvalue weighted by molar-refractivity contribution is -0.525. The fraction of sp³-hybridized carbons (Fsp3) is 0.714. The molecule has 9 heteroatoms. The molecule has 0 aliphatic heterocycles. The van der Waals surface area contributed by atoms with E-state index in [2.05, 4.69) is 10.3 Å². The first kappa shape index (κ1) is 14.1. The highest BCUT2D eigenvalue weighted by Gasteiger charge is 2.13. The number of aliphatic carboxylic acids is 1. The third kappa shape index (κ3) is 6.54. The van der Waals surface area contributed by atoms with Gasteiger partial charge in [0.25, 0.3) is 5.96 Å². The number of nitro groups is 1. The lowest BCUT2D eigenvalue weighted by Crippen LogP contribution is -2.36. The smallest absolute Gasteiger partial charge is 0.320 e. The molecule has 0 amide bonds. The van der Waals surface area contributed by atoms with E-state index in [0.717, 1.165) is 0 Å². The van der Waals surface area contributed by atoms with Gasteiger partial charge in [0.05, 0.1) is 0 Å². The second kappa shape index (κ2) is 7.40. The van der Waals surface area contributed by atoms with Crippen LogP contribution < -0.4 is 16.5 Å². The van der Waals surface area contributed by atoms with Crippen molar-refractivity contribution in [2.75, 3.05) is 13.6 Å². The molecule has 0 bridgehead atoms. The summed E-state index contributed by atoms with van der Waals surface area (Å²) in [6.45, 7) is 0.234. The predicted octanol–water partition coefficient (Wildman–Crippen LogP) is -1.46. The summed E-state index contributed by atoms with van der Waals surface area (Å²) < 4.78 is 0. The maximum Gasteiger partial charge on any atom is 0.320 e. The van der Waals surface area contributed by atoms with Crippen molar-refractivity contribution in [1.82, 2.24) is 10.7 Å². The first-order valence-corrected chi connectivity index (χ1v) is 4.58. The number of likely N-dealkylation sites (N-methyl/N-ethyl adjacent to an activating group) is 1. The van der Waals surface area contributed by atoms with Gasteiger partial charge in [0.2, 0.25) is 0 Å². The number of guanidine groups is 1. The van der Waals surface area contributed by atoms with E-state index in [0.29, 0.717) is 12.8 Å². The molecule has 0 heterocycles. The van der Waals surface area contributed by atoms with Crippen LogP contribution in [-0.2, 0) is 4.79 Å². The maximum absolute atomic E-state index is 10.6. The fourth-order valence-corrected chi connectivity index (χ4v) is 1.02. The molecule has 0 rings (SSSR count). The van der Waals surface area contributed by atoms with Crippen LogP contribution in [-0.4, -0.2) is 41.7 Å². The number of carboxylic acid groups (broad SMARTS) is 1. The monoisotopic (exact) mass is 233 g/mol. The van der Waals surface area contributed by atoms with Crippen molar-refractivity contribution in [2.24, 2.45) is 10.7 Å². The third-order valence-electron chi connectivity index (χ3n) is 1.79. The molecule has 16 heavy (non-hydrogen) atoms. The molecule has 0 saturated carbocycles. The van der Waals surface area contributed by atoms with Crippen LogP contribution in [0.4, 0.5) is 0 Å². The van der Waals surface area contributed by atoms with Gasteiger partial charge in [0.15, 0.2) is 5.03 Å². The number of nitrogens with zero attached hydrogens (tertiary/aromatic N) is 2. The van der Waals surface area contributed by atoms with Crippen LogP contribution >= 0.6 is 0 Å². The third-order valence-corrected chi connectivity index (χ3v) is 1.79. The van der Waals surface area contributed by atoms with Gasteiger partial charge in [0, 0.05) is 6.54 Å². The minimum Gasteiger partial charge on any atom is -0.480 e. The number of hydrogen-bond donors (Lipinski definition) is 4. The van der Waals surface area contributed by atoms with Gasteiger partial charge < -0.3 is 16.2 Å². The van der Waals surface area contributed by atoms with E-state index < -0.39 is 17.0 Å².